The third kappa shape index (κ3) is 6.15. The molecular weight excluding hydrogens is 230 g/mol. The monoisotopic (exact) mass is 255 g/mol. The number of hydrogen-bond acceptors (Lipinski definition) is 4. The third-order valence-corrected chi connectivity index (χ3v) is 3.94. The summed E-state index contributed by atoms with van der Waals surface area (Å²) in [5.41, 5.74) is 5.46. The van der Waals surface area contributed by atoms with Crippen molar-refractivity contribution in [3.8, 4) is 0 Å². The molecule has 0 aliphatic heterocycles. The van der Waals surface area contributed by atoms with Crippen LogP contribution in [0.2, 0.25) is 0 Å². The molecule has 1 aromatic rings. The number of aromatic nitrogens is 1. The average molecular weight is 255 g/mol. The van der Waals surface area contributed by atoms with E-state index >= 15 is 0 Å². The largest absolute Gasteiger partial charge is 0.330 e. The normalized spacial score (nSPS) is 12.9. The standard InChI is InChI=1S/C13H25N3S/c1-11-10-16-13(17-11)12(2)15-9-7-5-3-4-6-8-14/h10,12,15H,3-9,14H2,1-2H3. The van der Waals surface area contributed by atoms with Crippen molar-refractivity contribution in [1.29, 1.82) is 0 Å². The number of unbranched alkanes of at least 4 members (excludes halogenated alkanes) is 4. The summed E-state index contributed by atoms with van der Waals surface area (Å²) in [6.07, 6.45) is 8.25. The Morgan fingerprint density at radius 2 is 2.00 bits per heavy atom. The van der Waals surface area contributed by atoms with Gasteiger partial charge in [0.15, 0.2) is 0 Å². The van der Waals surface area contributed by atoms with E-state index in [0.29, 0.717) is 6.04 Å². The van der Waals surface area contributed by atoms with Gasteiger partial charge < -0.3 is 11.1 Å². The number of nitrogens with one attached hydrogen (secondary N) is 1. The van der Waals surface area contributed by atoms with Crippen molar-refractivity contribution in [3.05, 3.63) is 16.1 Å². The van der Waals surface area contributed by atoms with Crippen LogP contribution in [0.25, 0.3) is 0 Å². The van der Waals surface area contributed by atoms with E-state index < -0.39 is 0 Å². The summed E-state index contributed by atoms with van der Waals surface area (Å²) in [4.78, 5) is 5.68. The Labute approximate surface area is 109 Å². The van der Waals surface area contributed by atoms with Crippen LogP contribution in [0.3, 0.4) is 0 Å². The van der Waals surface area contributed by atoms with E-state index in [2.05, 4.69) is 24.1 Å². The maximum Gasteiger partial charge on any atom is 0.109 e. The summed E-state index contributed by atoms with van der Waals surface area (Å²) in [6.45, 7) is 6.21. The van der Waals surface area contributed by atoms with Gasteiger partial charge in [-0.25, -0.2) is 4.98 Å². The van der Waals surface area contributed by atoms with Crippen LogP contribution in [-0.4, -0.2) is 18.1 Å². The van der Waals surface area contributed by atoms with Gasteiger partial charge in [-0.05, 0) is 39.8 Å². The molecule has 0 aromatic carbocycles. The summed E-state index contributed by atoms with van der Waals surface area (Å²) < 4.78 is 0. The fraction of sp³-hybridized carbons (Fsp3) is 0.769. The van der Waals surface area contributed by atoms with Gasteiger partial charge in [0.2, 0.25) is 0 Å². The summed E-state index contributed by atoms with van der Waals surface area (Å²) in [5, 5.41) is 4.73. The fourth-order valence-corrected chi connectivity index (χ4v) is 2.58. The van der Waals surface area contributed by atoms with Gasteiger partial charge in [-0.15, -0.1) is 11.3 Å². The molecule has 0 bridgehead atoms. The molecule has 3 nitrogen and oxygen atoms in total. The Morgan fingerprint density at radius 1 is 1.29 bits per heavy atom. The minimum absolute atomic E-state index is 0.387. The first-order valence-electron chi connectivity index (χ1n) is 6.60. The van der Waals surface area contributed by atoms with Crippen LogP contribution in [-0.2, 0) is 0 Å². The lowest BCUT2D eigenvalue weighted by Crippen LogP contribution is -2.19. The van der Waals surface area contributed by atoms with Crippen LogP contribution in [0.5, 0.6) is 0 Å². The van der Waals surface area contributed by atoms with Gasteiger partial charge in [0, 0.05) is 11.1 Å². The van der Waals surface area contributed by atoms with Crippen LogP contribution in [0, 0.1) is 6.92 Å². The molecule has 0 amide bonds. The Kier molecular flexibility index (Phi) is 7.40. The zero-order valence-electron chi connectivity index (χ0n) is 11.0. The van der Waals surface area contributed by atoms with E-state index in [1.807, 2.05) is 6.20 Å². The molecule has 17 heavy (non-hydrogen) atoms. The molecule has 1 rings (SSSR count). The Hall–Kier alpha value is -0.450. The quantitative estimate of drug-likeness (QED) is 0.667. The van der Waals surface area contributed by atoms with E-state index in [0.717, 1.165) is 13.1 Å². The van der Waals surface area contributed by atoms with Gasteiger partial charge in [-0.3, -0.25) is 0 Å². The second-order valence-electron chi connectivity index (χ2n) is 4.54. The molecule has 0 aliphatic carbocycles. The van der Waals surface area contributed by atoms with Crippen molar-refractivity contribution >= 4 is 11.3 Å². The zero-order valence-corrected chi connectivity index (χ0v) is 11.9. The van der Waals surface area contributed by atoms with E-state index in [4.69, 9.17) is 5.73 Å². The van der Waals surface area contributed by atoms with Gasteiger partial charge in [-0.1, -0.05) is 19.3 Å². The van der Waals surface area contributed by atoms with Gasteiger partial charge in [0.05, 0.1) is 6.04 Å². The van der Waals surface area contributed by atoms with Gasteiger partial charge >= 0.3 is 0 Å². The van der Waals surface area contributed by atoms with Crippen LogP contribution < -0.4 is 11.1 Å². The first kappa shape index (κ1) is 14.6. The van der Waals surface area contributed by atoms with E-state index in [9.17, 15) is 0 Å². The number of nitrogens with zero attached hydrogens (tertiary/aromatic N) is 1. The highest BCUT2D eigenvalue weighted by Gasteiger charge is 2.07. The minimum Gasteiger partial charge on any atom is -0.330 e. The van der Waals surface area contributed by atoms with E-state index in [1.165, 1.54) is 42.0 Å². The molecule has 98 valence electrons. The zero-order chi connectivity index (χ0) is 12.5. The van der Waals surface area contributed by atoms with Crippen molar-refractivity contribution in [3.63, 3.8) is 0 Å². The molecule has 1 atom stereocenters. The lowest BCUT2D eigenvalue weighted by atomic mass is 10.1. The lowest BCUT2D eigenvalue weighted by Gasteiger charge is -2.10. The fourth-order valence-electron chi connectivity index (χ4n) is 1.78. The van der Waals surface area contributed by atoms with Gasteiger partial charge in [0.1, 0.15) is 5.01 Å². The molecule has 0 aliphatic rings. The predicted octanol–water partition coefficient (Wildman–Crippen LogP) is 3.01. The van der Waals surface area contributed by atoms with Crippen molar-refractivity contribution in [2.45, 2.75) is 52.0 Å². The van der Waals surface area contributed by atoms with E-state index in [1.54, 1.807) is 11.3 Å². The third-order valence-electron chi connectivity index (χ3n) is 2.84. The smallest absolute Gasteiger partial charge is 0.109 e. The number of aryl methyl sites for hydroxylation is 1. The molecule has 3 N–H and O–H groups in total. The second-order valence-corrected chi connectivity index (χ2v) is 5.81. The SMILES string of the molecule is Cc1cnc(C(C)NCCCCCCCN)s1. The van der Waals surface area contributed by atoms with Crippen LogP contribution in [0.15, 0.2) is 6.20 Å². The van der Waals surface area contributed by atoms with Crippen molar-refractivity contribution in [2.75, 3.05) is 13.1 Å². The Morgan fingerprint density at radius 3 is 2.65 bits per heavy atom. The summed E-state index contributed by atoms with van der Waals surface area (Å²) in [7, 11) is 0. The molecule has 0 radical (unpaired) electrons. The van der Waals surface area contributed by atoms with Crippen LogP contribution in [0.1, 0.15) is 55.0 Å². The highest BCUT2D eigenvalue weighted by molar-refractivity contribution is 7.11. The number of nitrogens with two attached hydrogens (primary N) is 1. The summed E-state index contributed by atoms with van der Waals surface area (Å²) in [6, 6.07) is 0.387. The maximum atomic E-state index is 5.46. The van der Waals surface area contributed by atoms with E-state index in [-0.39, 0.29) is 0 Å². The molecule has 4 heteroatoms. The highest BCUT2D eigenvalue weighted by atomic mass is 32.1. The molecule has 0 spiro atoms. The maximum absolute atomic E-state index is 5.46. The van der Waals surface area contributed by atoms with Crippen molar-refractivity contribution in [1.82, 2.24) is 10.3 Å². The second kappa shape index (κ2) is 8.61. The molecule has 0 fully saturated rings. The number of thiazole rings is 1. The van der Waals surface area contributed by atoms with Crippen molar-refractivity contribution in [2.24, 2.45) is 5.73 Å². The van der Waals surface area contributed by atoms with Gasteiger partial charge in [0.25, 0.3) is 0 Å². The van der Waals surface area contributed by atoms with Crippen LogP contribution >= 0.6 is 11.3 Å². The molecule has 1 aromatic heterocycles. The topological polar surface area (TPSA) is 50.9 Å². The molecule has 0 saturated carbocycles. The first-order valence-corrected chi connectivity index (χ1v) is 7.41. The Bertz CT molecular complexity index is 299. The average Bonchev–Trinajstić information content (AvgIpc) is 2.74. The molecular formula is C13H25N3S. The Balaban J connectivity index is 2.03. The summed E-state index contributed by atoms with van der Waals surface area (Å²) in [5.74, 6) is 0. The minimum atomic E-state index is 0.387. The number of rotatable bonds is 9. The first-order chi connectivity index (χ1) is 8.24. The molecule has 1 unspecified atom stereocenters. The van der Waals surface area contributed by atoms with Crippen molar-refractivity contribution < 1.29 is 0 Å². The highest BCUT2D eigenvalue weighted by Crippen LogP contribution is 2.18. The predicted molar refractivity (Wildman–Crippen MR) is 75.4 cm³/mol. The lowest BCUT2D eigenvalue weighted by molar-refractivity contribution is 0.528. The molecule has 1 heterocycles. The van der Waals surface area contributed by atoms with Gasteiger partial charge in [-0.2, -0.15) is 0 Å². The summed E-state index contributed by atoms with van der Waals surface area (Å²) >= 11 is 1.78. The molecule has 0 saturated heterocycles. The number of hydrogen-bond donors (Lipinski definition) is 2. The van der Waals surface area contributed by atoms with Crippen LogP contribution in [0.4, 0.5) is 0 Å².